The number of nitrogens with zero attached hydrogens (tertiary/aromatic N) is 1. The SMILES string of the molecule is CN=C(NCCc1c[nH]c2c(C)cccc12)NCc1cccs1.I. The van der Waals surface area contributed by atoms with Crippen LogP contribution >= 0.6 is 35.3 Å². The van der Waals surface area contributed by atoms with Crippen LogP contribution in [-0.2, 0) is 13.0 Å². The summed E-state index contributed by atoms with van der Waals surface area (Å²) in [6.45, 7) is 3.80. The van der Waals surface area contributed by atoms with E-state index in [1.165, 1.54) is 26.9 Å². The van der Waals surface area contributed by atoms with Gasteiger partial charge in [0, 0.05) is 35.6 Å². The molecule has 1 aromatic carbocycles. The third-order valence-electron chi connectivity index (χ3n) is 3.93. The first-order valence-electron chi connectivity index (χ1n) is 7.80. The molecule has 3 rings (SSSR count). The number of benzene rings is 1. The summed E-state index contributed by atoms with van der Waals surface area (Å²) in [6.07, 6.45) is 3.07. The lowest BCUT2D eigenvalue weighted by Crippen LogP contribution is -2.37. The van der Waals surface area contributed by atoms with Crippen LogP contribution in [0.4, 0.5) is 0 Å². The van der Waals surface area contributed by atoms with Gasteiger partial charge in [-0.3, -0.25) is 4.99 Å². The zero-order valence-corrected chi connectivity index (χ0v) is 17.1. The minimum absolute atomic E-state index is 0. The molecule has 6 heteroatoms. The van der Waals surface area contributed by atoms with Gasteiger partial charge in [-0.05, 0) is 35.9 Å². The van der Waals surface area contributed by atoms with Crippen LogP contribution in [0.2, 0.25) is 0 Å². The molecular weight excluding hydrogens is 431 g/mol. The minimum atomic E-state index is 0. The topological polar surface area (TPSA) is 52.2 Å². The van der Waals surface area contributed by atoms with E-state index >= 15 is 0 Å². The molecule has 0 aliphatic carbocycles. The maximum atomic E-state index is 4.27. The maximum Gasteiger partial charge on any atom is 0.191 e. The Morgan fingerprint density at radius 3 is 2.83 bits per heavy atom. The van der Waals surface area contributed by atoms with Gasteiger partial charge >= 0.3 is 0 Å². The van der Waals surface area contributed by atoms with E-state index in [0.29, 0.717) is 0 Å². The molecule has 0 atom stereocenters. The molecule has 0 radical (unpaired) electrons. The van der Waals surface area contributed by atoms with E-state index in [9.17, 15) is 0 Å². The number of nitrogens with one attached hydrogen (secondary N) is 3. The first-order valence-corrected chi connectivity index (χ1v) is 8.68. The summed E-state index contributed by atoms with van der Waals surface area (Å²) in [7, 11) is 1.80. The summed E-state index contributed by atoms with van der Waals surface area (Å²) in [5.74, 6) is 0.842. The Balaban J connectivity index is 0.00000208. The zero-order chi connectivity index (χ0) is 16.1. The van der Waals surface area contributed by atoms with Crippen molar-refractivity contribution in [3.8, 4) is 0 Å². The Bertz CT molecular complexity index is 793. The maximum absolute atomic E-state index is 4.27. The first-order chi connectivity index (χ1) is 11.3. The monoisotopic (exact) mass is 454 g/mol. The smallest absolute Gasteiger partial charge is 0.191 e. The highest BCUT2D eigenvalue weighted by Crippen LogP contribution is 2.21. The van der Waals surface area contributed by atoms with Gasteiger partial charge in [0.2, 0.25) is 0 Å². The summed E-state index contributed by atoms with van der Waals surface area (Å²) < 4.78 is 0. The second-order valence-electron chi connectivity index (χ2n) is 5.49. The average molecular weight is 454 g/mol. The molecular formula is C18H23IN4S. The number of halogens is 1. The third-order valence-corrected chi connectivity index (χ3v) is 4.81. The van der Waals surface area contributed by atoms with E-state index in [4.69, 9.17) is 0 Å². The van der Waals surface area contributed by atoms with Crippen molar-refractivity contribution in [1.82, 2.24) is 15.6 Å². The molecule has 24 heavy (non-hydrogen) atoms. The quantitative estimate of drug-likeness (QED) is 0.310. The fraction of sp³-hybridized carbons (Fsp3) is 0.278. The Morgan fingerprint density at radius 2 is 2.08 bits per heavy atom. The van der Waals surface area contributed by atoms with Crippen LogP contribution in [0.5, 0.6) is 0 Å². The number of aromatic nitrogens is 1. The van der Waals surface area contributed by atoms with Gasteiger partial charge in [-0.2, -0.15) is 0 Å². The number of hydrogen-bond donors (Lipinski definition) is 3. The molecule has 3 aromatic rings. The van der Waals surface area contributed by atoms with E-state index < -0.39 is 0 Å². The van der Waals surface area contributed by atoms with Gasteiger partial charge in [-0.1, -0.05) is 24.3 Å². The molecule has 0 aliphatic rings. The number of aromatic amines is 1. The van der Waals surface area contributed by atoms with Crippen molar-refractivity contribution in [3.63, 3.8) is 0 Å². The van der Waals surface area contributed by atoms with Crippen molar-refractivity contribution in [2.75, 3.05) is 13.6 Å². The summed E-state index contributed by atoms with van der Waals surface area (Å²) in [4.78, 5) is 8.96. The van der Waals surface area contributed by atoms with Gasteiger partial charge in [0.15, 0.2) is 5.96 Å². The van der Waals surface area contributed by atoms with Crippen molar-refractivity contribution in [1.29, 1.82) is 0 Å². The van der Waals surface area contributed by atoms with Crippen LogP contribution in [0, 0.1) is 6.92 Å². The Hall–Kier alpha value is -1.54. The van der Waals surface area contributed by atoms with Crippen molar-refractivity contribution >= 4 is 52.2 Å². The number of guanidine groups is 1. The molecule has 0 amide bonds. The number of fused-ring (bicyclic) bond motifs is 1. The zero-order valence-electron chi connectivity index (χ0n) is 13.9. The molecule has 0 unspecified atom stereocenters. The molecule has 2 heterocycles. The Morgan fingerprint density at radius 1 is 1.21 bits per heavy atom. The fourth-order valence-electron chi connectivity index (χ4n) is 2.69. The predicted octanol–water partition coefficient (Wildman–Crippen LogP) is 4.06. The van der Waals surface area contributed by atoms with Crippen LogP contribution < -0.4 is 10.6 Å². The highest BCUT2D eigenvalue weighted by Gasteiger charge is 2.05. The van der Waals surface area contributed by atoms with E-state index in [-0.39, 0.29) is 24.0 Å². The lowest BCUT2D eigenvalue weighted by molar-refractivity contribution is 0.801. The average Bonchev–Trinajstić information content (AvgIpc) is 3.21. The second-order valence-corrected chi connectivity index (χ2v) is 6.53. The van der Waals surface area contributed by atoms with Crippen LogP contribution in [0.25, 0.3) is 10.9 Å². The van der Waals surface area contributed by atoms with E-state index in [0.717, 1.165) is 25.5 Å². The fourth-order valence-corrected chi connectivity index (χ4v) is 3.34. The third kappa shape index (κ3) is 4.51. The lowest BCUT2D eigenvalue weighted by Gasteiger charge is -2.11. The predicted molar refractivity (Wildman–Crippen MR) is 115 cm³/mol. The molecule has 128 valence electrons. The number of rotatable bonds is 5. The van der Waals surface area contributed by atoms with Crippen LogP contribution in [-0.4, -0.2) is 24.5 Å². The summed E-state index contributed by atoms with van der Waals surface area (Å²) in [5.41, 5.74) is 3.86. The van der Waals surface area contributed by atoms with Crippen LogP contribution in [0.3, 0.4) is 0 Å². The van der Waals surface area contributed by atoms with Gasteiger partial charge in [0.05, 0.1) is 6.54 Å². The van der Waals surface area contributed by atoms with Gasteiger partial charge < -0.3 is 15.6 Å². The van der Waals surface area contributed by atoms with Gasteiger partial charge in [0.1, 0.15) is 0 Å². The van der Waals surface area contributed by atoms with Gasteiger partial charge in [-0.15, -0.1) is 35.3 Å². The van der Waals surface area contributed by atoms with E-state index in [1.54, 1.807) is 18.4 Å². The van der Waals surface area contributed by atoms with Crippen molar-refractivity contribution < 1.29 is 0 Å². The van der Waals surface area contributed by atoms with Gasteiger partial charge in [-0.25, -0.2) is 0 Å². The molecule has 2 aromatic heterocycles. The number of thiophene rings is 1. The molecule has 3 N–H and O–H groups in total. The highest BCUT2D eigenvalue weighted by molar-refractivity contribution is 14.0. The number of aliphatic imine (C=N–C) groups is 1. The summed E-state index contributed by atoms with van der Waals surface area (Å²) in [6, 6.07) is 10.6. The normalized spacial score (nSPS) is 11.3. The standard InChI is InChI=1S/C18H22N4S.HI/c1-13-5-3-7-16-14(11-21-17(13)16)8-9-20-18(19-2)22-12-15-6-4-10-23-15;/h3-7,10-11,21H,8-9,12H2,1-2H3,(H2,19,20,22);1H. The van der Waals surface area contributed by atoms with E-state index in [2.05, 4.69) is 69.4 Å². The summed E-state index contributed by atoms with van der Waals surface area (Å²) >= 11 is 1.75. The van der Waals surface area contributed by atoms with Crippen molar-refractivity contribution in [3.05, 3.63) is 57.9 Å². The molecule has 0 saturated heterocycles. The number of hydrogen-bond acceptors (Lipinski definition) is 2. The van der Waals surface area contributed by atoms with Crippen LogP contribution in [0.15, 0.2) is 46.9 Å². The lowest BCUT2D eigenvalue weighted by atomic mass is 10.1. The first kappa shape index (κ1) is 18.8. The van der Waals surface area contributed by atoms with Gasteiger partial charge in [0.25, 0.3) is 0 Å². The second kappa shape index (κ2) is 9.08. The number of para-hydroxylation sites is 1. The van der Waals surface area contributed by atoms with Crippen molar-refractivity contribution in [2.24, 2.45) is 4.99 Å². The minimum Gasteiger partial charge on any atom is -0.361 e. The highest BCUT2D eigenvalue weighted by atomic mass is 127. The molecule has 0 fully saturated rings. The largest absolute Gasteiger partial charge is 0.361 e. The Kier molecular flexibility index (Phi) is 7.11. The molecule has 0 bridgehead atoms. The molecule has 0 aliphatic heterocycles. The van der Waals surface area contributed by atoms with Crippen LogP contribution in [0.1, 0.15) is 16.0 Å². The van der Waals surface area contributed by atoms with Crippen molar-refractivity contribution in [2.45, 2.75) is 19.9 Å². The summed E-state index contributed by atoms with van der Waals surface area (Å²) in [5, 5.41) is 10.1. The molecule has 0 spiro atoms. The number of aryl methyl sites for hydroxylation is 1. The molecule has 0 saturated carbocycles. The molecule has 4 nitrogen and oxygen atoms in total. The Labute approximate surface area is 163 Å². The van der Waals surface area contributed by atoms with E-state index in [1.807, 2.05) is 0 Å². The number of H-pyrrole nitrogens is 1.